The Labute approximate surface area is 177 Å². The van der Waals surface area contributed by atoms with Gasteiger partial charge in [0.2, 0.25) is 0 Å². The number of hydrogen-bond donors (Lipinski definition) is 1. The minimum absolute atomic E-state index is 0.142. The molecular weight excluding hydrogens is 440 g/mol. The molecule has 29 heavy (non-hydrogen) atoms. The smallest absolute Gasteiger partial charge is 0.348 e. The van der Waals surface area contributed by atoms with Crippen molar-refractivity contribution in [2.75, 3.05) is 25.6 Å². The molecule has 1 N–H and O–H groups in total. The summed E-state index contributed by atoms with van der Waals surface area (Å²) in [6.45, 7) is 1.60. The lowest BCUT2D eigenvalue weighted by molar-refractivity contribution is -0.137. The van der Waals surface area contributed by atoms with Crippen molar-refractivity contribution in [1.82, 2.24) is 0 Å². The number of nitriles is 1. The lowest BCUT2D eigenvalue weighted by Gasteiger charge is -2.14. The molecule has 2 rings (SSSR count). The molecular formula is C21H19BrN2O5. The van der Waals surface area contributed by atoms with E-state index in [1.54, 1.807) is 31.2 Å². The van der Waals surface area contributed by atoms with Crippen molar-refractivity contribution < 1.29 is 23.8 Å². The molecule has 2 aromatic carbocycles. The molecule has 0 saturated carbocycles. The fourth-order valence-corrected chi connectivity index (χ4v) is 2.91. The number of carbonyl (C=O) groups excluding carboxylic acids is 2. The first-order chi connectivity index (χ1) is 14.0. The van der Waals surface area contributed by atoms with Crippen LogP contribution in [0.3, 0.4) is 0 Å². The van der Waals surface area contributed by atoms with E-state index >= 15 is 0 Å². The number of methoxy groups -OCH3 is 1. The fourth-order valence-electron chi connectivity index (χ4n) is 2.33. The van der Waals surface area contributed by atoms with Crippen LogP contribution in [0.2, 0.25) is 0 Å². The second-order valence-corrected chi connectivity index (χ2v) is 6.48. The molecule has 0 aromatic heterocycles. The molecule has 0 fully saturated rings. The van der Waals surface area contributed by atoms with Crippen LogP contribution in [0.25, 0.3) is 6.08 Å². The molecule has 0 aliphatic heterocycles. The normalized spacial score (nSPS) is 10.6. The van der Waals surface area contributed by atoms with Crippen molar-refractivity contribution in [3.05, 3.63) is 58.1 Å². The maximum Gasteiger partial charge on any atom is 0.348 e. The van der Waals surface area contributed by atoms with Crippen LogP contribution in [0.5, 0.6) is 11.5 Å². The summed E-state index contributed by atoms with van der Waals surface area (Å²) in [5.41, 5.74) is 1.05. The molecule has 0 spiro atoms. The van der Waals surface area contributed by atoms with E-state index in [2.05, 4.69) is 21.2 Å². The van der Waals surface area contributed by atoms with Gasteiger partial charge in [-0.15, -0.1) is 0 Å². The van der Waals surface area contributed by atoms with Gasteiger partial charge in [0, 0.05) is 5.69 Å². The largest absolute Gasteiger partial charge is 0.493 e. The first kappa shape index (κ1) is 22.0. The van der Waals surface area contributed by atoms with Crippen molar-refractivity contribution >= 4 is 39.6 Å². The van der Waals surface area contributed by atoms with Crippen LogP contribution in [0.1, 0.15) is 12.5 Å². The van der Waals surface area contributed by atoms with Crippen molar-refractivity contribution in [3.8, 4) is 17.6 Å². The average Bonchev–Trinajstić information content (AvgIpc) is 2.71. The number of carbonyl (C=O) groups is 2. The maximum atomic E-state index is 12.1. The predicted molar refractivity (Wildman–Crippen MR) is 111 cm³/mol. The van der Waals surface area contributed by atoms with Gasteiger partial charge in [0.25, 0.3) is 5.91 Å². The van der Waals surface area contributed by atoms with E-state index in [4.69, 9.17) is 19.5 Å². The first-order valence-corrected chi connectivity index (χ1v) is 9.42. The molecule has 150 valence electrons. The van der Waals surface area contributed by atoms with Gasteiger partial charge in [-0.25, -0.2) is 4.79 Å². The molecule has 0 radical (unpaired) electrons. The SMILES string of the molecule is CCOC(=O)/C(C#N)=C/c1cc(Br)c(OCC(=O)Nc2ccccc2)c(OC)c1. The van der Waals surface area contributed by atoms with E-state index < -0.39 is 5.97 Å². The number of ether oxygens (including phenoxy) is 3. The van der Waals surface area contributed by atoms with E-state index in [-0.39, 0.29) is 24.7 Å². The van der Waals surface area contributed by atoms with Gasteiger partial charge in [-0.3, -0.25) is 4.79 Å². The van der Waals surface area contributed by atoms with E-state index in [0.29, 0.717) is 27.2 Å². The number of halogens is 1. The minimum atomic E-state index is -0.706. The first-order valence-electron chi connectivity index (χ1n) is 8.62. The van der Waals surface area contributed by atoms with Gasteiger partial charge in [-0.05, 0) is 58.8 Å². The van der Waals surface area contributed by atoms with Gasteiger partial charge in [-0.1, -0.05) is 18.2 Å². The Morgan fingerprint density at radius 3 is 2.59 bits per heavy atom. The van der Waals surface area contributed by atoms with Crippen molar-refractivity contribution in [2.45, 2.75) is 6.92 Å². The van der Waals surface area contributed by atoms with E-state index in [0.717, 1.165) is 0 Å². The Morgan fingerprint density at radius 1 is 1.24 bits per heavy atom. The van der Waals surface area contributed by atoms with Crippen LogP contribution in [0.15, 0.2) is 52.5 Å². The number of esters is 1. The van der Waals surface area contributed by atoms with Crippen LogP contribution in [-0.2, 0) is 14.3 Å². The van der Waals surface area contributed by atoms with Gasteiger partial charge < -0.3 is 19.5 Å². The second-order valence-electron chi connectivity index (χ2n) is 5.63. The summed E-state index contributed by atoms with van der Waals surface area (Å²) in [5.74, 6) is -0.381. The number of amides is 1. The molecule has 0 unspecified atom stereocenters. The van der Waals surface area contributed by atoms with E-state index in [1.165, 1.54) is 13.2 Å². The molecule has 0 bridgehead atoms. The van der Waals surface area contributed by atoms with Crippen LogP contribution < -0.4 is 14.8 Å². The molecule has 1 amide bonds. The second kappa shape index (κ2) is 10.9. The lowest BCUT2D eigenvalue weighted by atomic mass is 10.1. The highest BCUT2D eigenvalue weighted by Gasteiger charge is 2.15. The number of benzene rings is 2. The molecule has 0 heterocycles. The van der Waals surface area contributed by atoms with E-state index in [9.17, 15) is 9.59 Å². The molecule has 0 aliphatic rings. The van der Waals surface area contributed by atoms with Crippen LogP contribution >= 0.6 is 15.9 Å². The number of nitrogens with zero attached hydrogens (tertiary/aromatic N) is 1. The van der Waals surface area contributed by atoms with Gasteiger partial charge >= 0.3 is 5.97 Å². The highest BCUT2D eigenvalue weighted by Crippen LogP contribution is 2.37. The quantitative estimate of drug-likeness (QED) is 0.365. The van der Waals surface area contributed by atoms with Gasteiger partial charge in [0.05, 0.1) is 18.2 Å². The molecule has 0 saturated heterocycles. The Kier molecular flexibility index (Phi) is 8.25. The van der Waals surface area contributed by atoms with Crippen LogP contribution in [0, 0.1) is 11.3 Å². The Morgan fingerprint density at radius 2 is 1.97 bits per heavy atom. The summed E-state index contributed by atoms with van der Waals surface area (Å²) >= 11 is 3.37. The Hall–Kier alpha value is -3.31. The van der Waals surface area contributed by atoms with Crippen LogP contribution in [-0.4, -0.2) is 32.2 Å². The molecule has 2 aromatic rings. The highest BCUT2D eigenvalue weighted by atomic mass is 79.9. The Balaban J connectivity index is 2.16. The van der Waals surface area contributed by atoms with Crippen molar-refractivity contribution in [1.29, 1.82) is 5.26 Å². The molecule has 0 atom stereocenters. The maximum absolute atomic E-state index is 12.1. The summed E-state index contributed by atoms with van der Waals surface area (Å²) in [6.07, 6.45) is 1.39. The van der Waals surface area contributed by atoms with E-state index in [1.807, 2.05) is 24.3 Å². The zero-order valence-corrected chi connectivity index (χ0v) is 17.5. The van der Waals surface area contributed by atoms with Crippen molar-refractivity contribution in [3.63, 3.8) is 0 Å². The zero-order chi connectivity index (χ0) is 21.2. The van der Waals surface area contributed by atoms with Gasteiger partial charge in [0.15, 0.2) is 18.1 Å². The monoisotopic (exact) mass is 458 g/mol. The molecule has 0 aliphatic carbocycles. The van der Waals surface area contributed by atoms with Gasteiger partial charge in [0.1, 0.15) is 11.6 Å². The Bertz CT molecular complexity index is 952. The summed E-state index contributed by atoms with van der Waals surface area (Å²) in [4.78, 5) is 23.9. The number of hydrogen-bond acceptors (Lipinski definition) is 6. The number of nitrogens with one attached hydrogen (secondary N) is 1. The number of para-hydroxylation sites is 1. The number of rotatable bonds is 8. The number of anilines is 1. The summed E-state index contributed by atoms with van der Waals surface area (Å²) in [6, 6.07) is 14.1. The van der Waals surface area contributed by atoms with Gasteiger partial charge in [-0.2, -0.15) is 5.26 Å². The van der Waals surface area contributed by atoms with Crippen LogP contribution in [0.4, 0.5) is 5.69 Å². The van der Waals surface area contributed by atoms with Crippen molar-refractivity contribution in [2.24, 2.45) is 0 Å². The average molecular weight is 459 g/mol. The molecule has 8 heteroatoms. The highest BCUT2D eigenvalue weighted by molar-refractivity contribution is 9.10. The topological polar surface area (TPSA) is 97.7 Å². The summed E-state index contributed by atoms with van der Waals surface area (Å²) < 4.78 is 16.3. The summed E-state index contributed by atoms with van der Waals surface area (Å²) in [7, 11) is 1.45. The fraction of sp³-hybridized carbons (Fsp3) is 0.190. The minimum Gasteiger partial charge on any atom is -0.493 e. The predicted octanol–water partition coefficient (Wildman–Crippen LogP) is 3.95. The standard InChI is InChI=1S/C21H19BrN2O5/c1-3-28-21(26)15(12-23)9-14-10-17(22)20(18(11-14)27-2)29-13-19(25)24-16-7-5-4-6-8-16/h4-11H,3,13H2,1-2H3,(H,24,25)/b15-9+. The lowest BCUT2D eigenvalue weighted by Crippen LogP contribution is -2.20. The third-order valence-electron chi connectivity index (χ3n) is 3.58. The molecule has 7 nitrogen and oxygen atoms in total. The zero-order valence-electron chi connectivity index (χ0n) is 15.9. The third kappa shape index (κ3) is 6.36. The summed E-state index contributed by atoms with van der Waals surface area (Å²) in [5, 5.41) is 11.9. The third-order valence-corrected chi connectivity index (χ3v) is 4.17.